The molecule has 0 spiro atoms. The Kier molecular flexibility index (Phi) is 3.77. The van der Waals surface area contributed by atoms with Gasteiger partial charge in [0.05, 0.1) is 5.75 Å². The summed E-state index contributed by atoms with van der Waals surface area (Å²) in [6.07, 6.45) is 3.54. The molecule has 1 aromatic heterocycles. The van der Waals surface area contributed by atoms with Gasteiger partial charge in [-0.15, -0.1) is 11.8 Å². The largest absolute Gasteiger partial charge is 0.369 e. The first-order valence-electron chi connectivity index (χ1n) is 5.17. The second-order valence-electron chi connectivity index (χ2n) is 3.52. The van der Waals surface area contributed by atoms with Gasteiger partial charge in [0.25, 0.3) is 0 Å². The van der Waals surface area contributed by atoms with Crippen molar-refractivity contribution >= 4 is 17.7 Å². The minimum atomic E-state index is -0.298. The lowest BCUT2D eigenvalue weighted by Crippen LogP contribution is -2.12. The van der Waals surface area contributed by atoms with Crippen molar-refractivity contribution in [1.29, 1.82) is 0 Å². The molecule has 3 nitrogen and oxygen atoms in total. The molecule has 0 radical (unpaired) electrons. The summed E-state index contributed by atoms with van der Waals surface area (Å²) in [6.45, 7) is 0. The summed E-state index contributed by atoms with van der Waals surface area (Å²) in [4.78, 5) is 15.7. The third-order valence-electron chi connectivity index (χ3n) is 2.25. The van der Waals surface area contributed by atoms with Gasteiger partial charge in [0.1, 0.15) is 0 Å². The zero-order valence-electron chi connectivity index (χ0n) is 9.17. The fourth-order valence-corrected chi connectivity index (χ4v) is 2.08. The van der Waals surface area contributed by atoms with Gasteiger partial charge in [-0.2, -0.15) is 0 Å². The van der Waals surface area contributed by atoms with E-state index >= 15 is 0 Å². The third kappa shape index (κ3) is 3.32. The number of amides is 1. The van der Waals surface area contributed by atoms with Gasteiger partial charge in [0.15, 0.2) is 0 Å². The minimum Gasteiger partial charge on any atom is -0.369 e. The molecule has 0 unspecified atom stereocenters. The van der Waals surface area contributed by atoms with Crippen molar-refractivity contribution in [2.75, 3.05) is 5.75 Å². The first kappa shape index (κ1) is 11.7. The fourth-order valence-electron chi connectivity index (χ4n) is 1.44. The van der Waals surface area contributed by atoms with Crippen LogP contribution in [0.3, 0.4) is 0 Å². The van der Waals surface area contributed by atoms with Crippen molar-refractivity contribution in [3.05, 3.63) is 48.8 Å². The van der Waals surface area contributed by atoms with Crippen molar-refractivity contribution < 1.29 is 4.79 Å². The number of carbonyl (C=O) groups excluding carboxylic acids is 1. The highest BCUT2D eigenvalue weighted by molar-refractivity contribution is 8.00. The van der Waals surface area contributed by atoms with Crippen LogP contribution in [0.25, 0.3) is 11.1 Å². The molecule has 2 aromatic rings. The lowest BCUT2D eigenvalue weighted by atomic mass is 10.1. The second-order valence-corrected chi connectivity index (χ2v) is 4.56. The predicted molar refractivity (Wildman–Crippen MR) is 69.6 cm³/mol. The summed E-state index contributed by atoms with van der Waals surface area (Å²) in [5.41, 5.74) is 7.36. The van der Waals surface area contributed by atoms with Gasteiger partial charge < -0.3 is 5.73 Å². The smallest absolute Gasteiger partial charge is 0.227 e. The zero-order chi connectivity index (χ0) is 12.1. The van der Waals surface area contributed by atoms with E-state index in [9.17, 15) is 4.79 Å². The molecule has 0 atom stereocenters. The zero-order valence-corrected chi connectivity index (χ0v) is 9.98. The Morgan fingerprint density at radius 2 is 1.65 bits per heavy atom. The molecular formula is C13H12N2OS. The Morgan fingerprint density at radius 1 is 1.06 bits per heavy atom. The first-order chi connectivity index (χ1) is 8.25. The topological polar surface area (TPSA) is 56.0 Å². The first-order valence-corrected chi connectivity index (χ1v) is 6.16. The summed E-state index contributed by atoms with van der Waals surface area (Å²) in [6, 6.07) is 12.0. The van der Waals surface area contributed by atoms with Gasteiger partial charge in [0.2, 0.25) is 5.91 Å². The van der Waals surface area contributed by atoms with Crippen LogP contribution in [0.2, 0.25) is 0 Å². The molecule has 4 heteroatoms. The van der Waals surface area contributed by atoms with E-state index < -0.39 is 0 Å². The van der Waals surface area contributed by atoms with Gasteiger partial charge >= 0.3 is 0 Å². The second kappa shape index (κ2) is 5.50. The maximum absolute atomic E-state index is 10.7. The molecule has 0 aliphatic heterocycles. The van der Waals surface area contributed by atoms with E-state index in [0.717, 1.165) is 16.0 Å². The number of pyridine rings is 1. The van der Waals surface area contributed by atoms with Gasteiger partial charge in [0, 0.05) is 17.3 Å². The average Bonchev–Trinajstić information content (AvgIpc) is 2.38. The maximum Gasteiger partial charge on any atom is 0.227 e. The van der Waals surface area contributed by atoms with Gasteiger partial charge in [-0.1, -0.05) is 12.1 Å². The molecule has 2 N–H and O–H groups in total. The molecule has 2 rings (SSSR count). The van der Waals surface area contributed by atoms with Crippen LogP contribution in [-0.2, 0) is 4.79 Å². The Morgan fingerprint density at radius 3 is 2.24 bits per heavy atom. The van der Waals surface area contributed by atoms with E-state index in [-0.39, 0.29) is 5.91 Å². The quantitative estimate of drug-likeness (QED) is 0.840. The van der Waals surface area contributed by atoms with E-state index in [1.54, 1.807) is 12.4 Å². The summed E-state index contributed by atoms with van der Waals surface area (Å²) in [5, 5.41) is 0. The number of nitrogens with two attached hydrogens (primary N) is 1. The number of benzene rings is 1. The van der Waals surface area contributed by atoms with Crippen LogP contribution in [0.15, 0.2) is 53.7 Å². The van der Waals surface area contributed by atoms with E-state index in [2.05, 4.69) is 4.98 Å². The van der Waals surface area contributed by atoms with Gasteiger partial charge in [-0.25, -0.2) is 0 Å². The van der Waals surface area contributed by atoms with E-state index in [0.29, 0.717) is 5.75 Å². The van der Waals surface area contributed by atoms with Crippen molar-refractivity contribution in [3.63, 3.8) is 0 Å². The van der Waals surface area contributed by atoms with Crippen molar-refractivity contribution in [2.24, 2.45) is 5.73 Å². The summed E-state index contributed by atoms with van der Waals surface area (Å²) < 4.78 is 0. The minimum absolute atomic E-state index is 0.298. The number of hydrogen-bond acceptors (Lipinski definition) is 3. The van der Waals surface area contributed by atoms with Gasteiger partial charge in [-0.3, -0.25) is 9.78 Å². The molecule has 17 heavy (non-hydrogen) atoms. The van der Waals surface area contributed by atoms with Crippen LogP contribution < -0.4 is 5.73 Å². The summed E-state index contributed by atoms with van der Waals surface area (Å²) >= 11 is 1.45. The maximum atomic E-state index is 10.7. The predicted octanol–water partition coefficient (Wildman–Crippen LogP) is 2.33. The normalized spacial score (nSPS) is 10.1. The van der Waals surface area contributed by atoms with Crippen LogP contribution in [0.5, 0.6) is 0 Å². The number of rotatable bonds is 4. The Hall–Kier alpha value is -1.81. The monoisotopic (exact) mass is 244 g/mol. The van der Waals surface area contributed by atoms with Gasteiger partial charge in [-0.05, 0) is 35.4 Å². The molecule has 1 aromatic carbocycles. The van der Waals surface area contributed by atoms with Crippen molar-refractivity contribution in [1.82, 2.24) is 4.98 Å². The van der Waals surface area contributed by atoms with Crippen LogP contribution >= 0.6 is 11.8 Å². The van der Waals surface area contributed by atoms with Crippen molar-refractivity contribution in [2.45, 2.75) is 4.90 Å². The molecule has 1 heterocycles. The van der Waals surface area contributed by atoms with Crippen molar-refractivity contribution in [3.8, 4) is 11.1 Å². The third-order valence-corrected chi connectivity index (χ3v) is 3.28. The lowest BCUT2D eigenvalue weighted by Gasteiger charge is -2.03. The van der Waals surface area contributed by atoms with E-state index in [1.165, 1.54) is 11.8 Å². The number of carbonyl (C=O) groups is 1. The Labute approximate surface area is 104 Å². The highest BCUT2D eigenvalue weighted by atomic mass is 32.2. The number of hydrogen-bond donors (Lipinski definition) is 1. The van der Waals surface area contributed by atoms with Crippen LogP contribution in [0.4, 0.5) is 0 Å². The molecule has 0 bridgehead atoms. The van der Waals surface area contributed by atoms with Crippen LogP contribution in [0, 0.1) is 0 Å². The van der Waals surface area contributed by atoms with Crippen LogP contribution in [0.1, 0.15) is 0 Å². The summed E-state index contributed by atoms with van der Waals surface area (Å²) in [7, 11) is 0. The molecular weight excluding hydrogens is 232 g/mol. The van der Waals surface area contributed by atoms with Crippen LogP contribution in [-0.4, -0.2) is 16.6 Å². The molecule has 86 valence electrons. The highest BCUT2D eigenvalue weighted by Gasteiger charge is 2.00. The molecule has 0 aliphatic carbocycles. The van der Waals surface area contributed by atoms with E-state index in [4.69, 9.17) is 5.73 Å². The Bertz CT molecular complexity index is 497. The molecule has 1 amide bonds. The highest BCUT2D eigenvalue weighted by Crippen LogP contribution is 2.23. The van der Waals surface area contributed by atoms with E-state index in [1.807, 2.05) is 36.4 Å². The fraction of sp³-hybridized carbons (Fsp3) is 0.0769. The Balaban J connectivity index is 2.11. The number of thioether (sulfide) groups is 1. The summed E-state index contributed by atoms with van der Waals surface area (Å²) in [5.74, 6) is 0.0161. The molecule has 0 saturated heterocycles. The SMILES string of the molecule is NC(=O)CSc1ccc(-c2ccncc2)cc1. The average molecular weight is 244 g/mol. The number of primary amides is 1. The lowest BCUT2D eigenvalue weighted by molar-refractivity contribution is -0.115. The standard InChI is InChI=1S/C13H12N2OS/c14-13(16)9-17-12-3-1-10(2-4-12)11-5-7-15-8-6-11/h1-8H,9H2,(H2,14,16). The number of nitrogens with zero attached hydrogens (tertiary/aromatic N) is 1. The number of aromatic nitrogens is 1. The molecule has 0 saturated carbocycles. The molecule has 0 fully saturated rings. The molecule has 0 aliphatic rings.